The number of nitrogens with one attached hydrogen (secondary N) is 1. The first-order valence-corrected chi connectivity index (χ1v) is 7.38. The molecule has 0 spiro atoms. The van der Waals surface area contributed by atoms with Crippen molar-refractivity contribution in [3.63, 3.8) is 0 Å². The van der Waals surface area contributed by atoms with Gasteiger partial charge in [0.2, 0.25) is 0 Å². The van der Waals surface area contributed by atoms with Crippen molar-refractivity contribution in [1.29, 1.82) is 0 Å². The molecule has 2 heterocycles. The number of hydrogen-bond acceptors (Lipinski definition) is 4. The number of fused-ring (bicyclic) bond motifs is 1. The molecule has 18 heavy (non-hydrogen) atoms. The van der Waals surface area contributed by atoms with Gasteiger partial charge in [-0.2, -0.15) is 0 Å². The molecule has 2 unspecified atom stereocenters. The standard InChI is InChI=1S/C13H18N4S/c1-14-10-5-4-6-11(9-10)18-13-16-15-12-7-2-3-8-17(12)13/h2-3,7-8,10-11,14H,4-6,9H2,1H3. The Morgan fingerprint density at radius 1 is 1.33 bits per heavy atom. The molecule has 0 bridgehead atoms. The van der Waals surface area contributed by atoms with E-state index < -0.39 is 0 Å². The Balaban J connectivity index is 1.76. The quantitative estimate of drug-likeness (QED) is 0.922. The van der Waals surface area contributed by atoms with Crippen molar-refractivity contribution < 1.29 is 0 Å². The second-order valence-electron chi connectivity index (χ2n) is 4.80. The third-order valence-electron chi connectivity index (χ3n) is 3.59. The topological polar surface area (TPSA) is 42.2 Å². The smallest absolute Gasteiger partial charge is 0.195 e. The summed E-state index contributed by atoms with van der Waals surface area (Å²) in [5, 5.41) is 13.6. The highest BCUT2D eigenvalue weighted by molar-refractivity contribution is 7.99. The maximum Gasteiger partial charge on any atom is 0.195 e. The lowest BCUT2D eigenvalue weighted by molar-refractivity contribution is 0.402. The van der Waals surface area contributed by atoms with Gasteiger partial charge < -0.3 is 5.32 Å². The predicted molar refractivity (Wildman–Crippen MR) is 73.9 cm³/mol. The van der Waals surface area contributed by atoms with E-state index in [-0.39, 0.29) is 0 Å². The zero-order valence-corrected chi connectivity index (χ0v) is 11.4. The lowest BCUT2D eigenvalue weighted by Gasteiger charge is -2.27. The Morgan fingerprint density at radius 2 is 2.28 bits per heavy atom. The number of rotatable bonds is 3. The average molecular weight is 262 g/mol. The maximum atomic E-state index is 4.30. The van der Waals surface area contributed by atoms with Gasteiger partial charge in [-0.25, -0.2) is 0 Å². The Morgan fingerprint density at radius 3 is 3.17 bits per heavy atom. The Bertz CT molecular complexity index is 524. The zero-order valence-electron chi connectivity index (χ0n) is 10.5. The van der Waals surface area contributed by atoms with Crippen LogP contribution in [0.25, 0.3) is 5.65 Å². The minimum absolute atomic E-state index is 0.656. The molecule has 1 N–H and O–H groups in total. The van der Waals surface area contributed by atoms with Gasteiger partial charge in [0, 0.05) is 17.5 Å². The van der Waals surface area contributed by atoms with E-state index in [0.717, 1.165) is 10.8 Å². The third-order valence-corrected chi connectivity index (χ3v) is 4.84. The largest absolute Gasteiger partial charge is 0.317 e. The van der Waals surface area contributed by atoms with E-state index >= 15 is 0 Å². The van der Waals surface area contributed by atoms with Gasteiger partial charge in [-0.3, -0.25) is 4.40 Å². The molecule has 2 aromatic heterocycles. The SMILES string of the molecule is CNC1CCCC(Sc2nnc3ccccn23)C1. The van der Waals surface area contributed by atoms with Crippen LogP contribution in [0.1, 0.15) is 25.7 Å². The van der Waals surface area contributed by atoms with Crippen LogP contribution in [-0.4, -0.2) is 32.9 Å². The van der Waals surface area contributed by atoms with Crippen LogP contribution in [0, 0.1) is 0 Å². The number of hydrogen-bond donors (Lipinski definition) is 1. The highest BCUT2D eigenvalue weighted by Gasteiger charge is 2.23. The molecule has 4 nitrogen and oxygen atoms in total. The fraction of sp³-hybridized carbons (Fsp3) is 0.538. The van der Waals surface area contributed by atoms with Gasteiger partial charge in [0.25, 0.3) is 0 Å². The molecule has 2 atom stereocenters. The molecule has 1 aliphatic carbocycles. The van der Waals surface area contributed by atoms with E-state index in [1.807, 2.05) is 36.2 Å². The molecular formula is C13H18N4S. The summed E-state index contributed by atoms with van der Waals surface area (Å²) in [6.45, 7) is 0. The van der Waals surface area contributed by atoms with Crippen LogP contribution in [-0.2, 0) is 0 Å². The molecule has 1 aliphatic rings. The Labute approximate surface area is 111 Å². The second kappa shape index (κ2) is 5.28. The van der Waals surface area contributed by atoms with Gasteiger partial charge in [0.15, 0.2) is 10.8 Å². The van der Waals surface area contributed by atoms with Gasteiger partial charge >= 0.3 is 0 Å². The molecular weight excluding hydrogens is 244 g/mol. The molecule has 5 heteroatoms. The summed E-state index contributed by atoms with van der Waals surface area (Å²) in [7, 11) is 2.06. The molecule has 96 valence electrons. The summed E-state index contributed by atoms with van der Waals surface area (Å²) in [6, 6.07) is 6.68. The molecule has 0 amide bonds. The molecule has 2 aromatic rings. The van der Waals surface area contributed by atoms with E-state index in [0.29, 0.717) is 11.3 Å². The first-order chi connectivity index (χ1) is 8.86. The first kappa shape index (κ1) is 12.0. The van der Waals surface area contributed by atoms with Crippen molar-refractivity contribution in [2.75, 3.05) is 7.05 Å². The summed E-state index contributed by atoms with van der Waals surface area (Å²) in [6.07, 6.45) is 7.15. The van der Waals surface area contributed by atoms with Gasteiger partial charge in [0.05, 0.1) is 0 Å². The van der Waals surface area contributed by atoms with E-state index in [1.165, 1.54) is 25.7 Å². The van der Waals surface area contributed by atoms with Crippen molar-refractivity contribution in [1.82, 2.24) is 19.9 Å². The van der Waals surface area contributed by atoms with E-state index in [2.05, 4.69) is 27.0 Å². The summed E-state index contributed by atoms with van der Waals surface area (Å²) in [5.41, 5.74) is 0.931. The van der Waals surface area contributed by atoms with Crippen LogP contribution in [0.15, 0.2) is 29.6 Å². The van der Waals surface area contributed by atoms with Crippen molar-refractivity contribution in [3.05, 3.63) is 24.4 Å². The van der Waals surface area contributed by atoms with Gasteiger partial charge in [-0.15, -0.1) is 10.2 Å². The minimum Gasteiger partial charge on any atom is -0.317 e. The predicted octanol–water partition coefficient (Wildman–Crippen LogP) is 2.35. The Hall–Kier alpha value is -1.07. The van der Waals surface area contributed by atoms with E-state index in [1.54, 1.807) is 0 Å². The number of thioether (sulfide) groups is 1. The second-order valence-corrected chi connectivity index (χ2v) is 6.07. The molecule has 1 saturated carbocycles. The maximum absolute atomic E-state index is 4.30. The minimum atomic E-state index is 0.656. The summed E-state index contributed by atoms with van der Waals surface area (Å²) < 4.78 is 2.08. The lowest BCUT2D eigenvalue weighted by Crippen LogP contribution is -2.32. The molecule has 0 saturated heterocycles. The number of pyridine rings is 1. The van der Waals surface area contributed by atoms with Gasteiger partial charge in [-0.05, 0) is 38.4 Å². The molecule has 1 fully saturated rings. The highest BCUT2D eigenvalue weighted by atomic mass is 32.2. The van der Waals surface area contributed by atoms with Crippen molar-refractivity contribution in [2.45, 2.75) is 42.1 Å². The van der Waals surface area contributed by atoms with E-state index in [9.17, 15) is 0 Å². The molecule has 0 aliphatic heterocycles. The number of aromatic nitrogens is 3. The average Bonchev–Trinajstić information content (AvgIpc) is 2.83. The van der Waals surface area contributed by atoms with Crippen molar-refractivity contribution in [2.24, 2.45) is 0 Å². The van der Waals surface area contributed by atoms with Crippen LogP contribution >= 0.6 is 11.8 Å². The highest BCUT2D eigenvalue weighted by Crippen LogP contribution is 2.32. The molecule has 3 rings (SSSR count). The molecule has 0 radical (unpaired) electrons. The van der Waals surface area contributed by atoms with E-state index in [4.69, 9.17) is 0 Å². The Kier molecular flexibility index (Phi) is 3.52. The van der Waals surface area contributed by atoms with Crippen molar-refractivity contribution in [3.8, 4) is 0 Å². The lowest BCUT2D eigenvalue weighted by atomic mass is 9.95. The fourth-order valence-electron chi connectivity index (χ4n) is 2.56. The molecule has 0 aromatic carbocycles. The van der Waals surface area contributed by atoms with Crippen LogP contribution in [0.4, 0.5) is 0 Å². The summed E-state index contributed by atoms with van der Waals surface area (Å²) in [5.74, 6) is 0. The van der Waals surface area contributed by atoms with Gasteiger partial charge in [0.1, 0.15) is 0 Å². The van der Waals surface area contributed by atoms with Crippen molar-refractivity contribution >= 4 is 17.4 Å². The zero-order chi connectivity index (χ0) is 12.4. The van der Waals surface area contributed by atoms with Crippen LogP contribution in [0.3, 0.4) is 0 Å². The first-order valence-electron chi connectivity index (χ1n) is 6.50. The summed E-state index contributed by atoms with van der Waals surface area (Å²) >= 11 is 1.87. The monoisotopic (exact) mass is 262 g/mol. The summed E-state index contributed by atoms with van der Waals surface area (Å²) in [4.78, 5) is 0. The fourth-order valence-corrected chi connectivity index (χ4v) is 3.83. The number of nitrogens with zero attached hydrogens (tertiary/aromatic N) is 3. The van der Waals surface area contributed by atoms with Gasteiger partial charge in [-0.1, -0.05) is 24.2 Å². The van der Waals surface area contributed by atoms with Crippen LogP contribution in [0.2, 0.25) is 0 Å². The van der Waals surface area contributed by atoms with Crippen LogP contribution in [0.5, 0.6) is 0 Å². The third kappa shape index (κ3) is 2.37. The normalized spacial score (nSPS) is 24.5. The van der Waals surface area contributed by atoms with Crippen LogP contribution < -0.4 is 5.32 Å².